The van der Waals surface area contributed by atoms with E-state index in [0.29, 0.717) is 0 Å². The van der Waals surface area contributed by atoms with Crippen molar-refractivity contribution < 1.29 is 4.74 Å². The topological polar surface area (TPSA) is 12.5 Å². The molecule has 1 heteroatoms. The Bertz CT molecular complexity index is 188. The zero-order valence-electron chi connectivity index (χ0n) is 5.82. The van der Waals surface area contributed by atoms with Crippen LogP contribution in [-0.2, 0) is 4.74 Å². The second-order valence-electron chi connectivity index (χ2n) is 2.55. The lowest BCUT2D eigenvalue weighted by atomic mass is 10.2. The molecule has 1 aliphatic rings. The predicted octanol–water partition coefficient (Wildman–Crippen LogP) is 1.35. The Morgan fingerprint density at radius 2 is 2.33 bits per heavy atom. The van der Waals surface area contributed by atoms with Crippen LogP contribution in [0.3, 0.4) is 0 Å². The van der Waals surface area contributed by atoms with Crippen LogP contribution < -0.4 is 0 Å². The average molecular weight is 122 g/mol. The number of rotatable bonds is 0. The third-order valence-electron chi connectivity index (χ3n) is 1.12. The van der Waals surface area contributed by atoms with E-state index in [-0.39, 0.29) is 5.60 Å². The van der Waals surface area contributed by atoms with Gasteiger partial charge in [0.15, 0.2) is 0 Å². The van der Waals surface area contributed by atoms with Crippen LogP contribution in [-0.4, -0.2) is 12.2 Å². The molecule has 1 aliphatic heterocycles. The molecule has 0 bridgehead atoms. The smallest absolute Gasteiger partial charge is 0.149 e. The number of allylic oxidation sites excluding steroid dienone is 1. The van der Waals surface area contributed by atoms with E-state index in [2.05, 4.69) is 18.4 Å². The minimum absolute atomic E-state index is 0.140. The van der Waals surface area contributed by atoms with Crippen LogP contribution in [0.4, 0.5) is 0 Å². The third-order valence-corrected chi connectivity index (χ3v) is 1.12. The minimum atomic E-state index is -0.140. The molecule has 0 aromatic rings. The molecule has 48 valence electrons. The van der Waals surface area contributed by atoms with Gasteiger partial charge in [-0.05, 0) is 19.4 Å². The fourth-order valence-electron chi connectivity index (χ4n) is 0.419. The number of ether oxygens (including phenoxy) is 1. The molecule has 1 nitrogen and oxygen atoms in total. The second-order valence-corrected chi connectivity index (χ2v) is 2.55. The van der Waals surface area contributed by atoms with Crippen LogP contribution in [0.25, 0.3) is 0 Å². The summed E-state index contributed by atoms with van der Waals surface area (Å²) in [6, 6.07) is 0. The van der Waals surface area contributed by atoms with Crippen LogP contribution in [0.15, 0.2) is 12.2 Å². The van der Waals surface area contributed by atoms with Gasteiger partial charge in [-0.15, -0.1) is 0 Å². The molecule has 1 rings (SSSR count). The van der Waals surface area contributed by atoms with E-state index in [1.807, 2.05) is 13.8 Å². The molecular formula is C8H10O. The lowest BCUT2D eigenvalue weighted by Crippen LogP contribution is -1.97. The van der Waals surface area contributed by atoms with Gasteiger partial charge in [-0.1, -0.05) is 18.4 Å². The quantitative estimate of drug-likeness (QED) is 0.349. The molecule has 0 aliphatic carbocycles. The Hall–Kier alpha value is -0.740. The van der Waals surface area contributed by atoms with E-state index >= 15 is 0 Å². The molecule has 9 heavy (non-hydrogen) atoms. The first kappa shape index (κ1) is 6.38. The number of hydrogen-bond donors (Lipinski definition) is 0. The highest BCUT2D eigenvalue weighted by atomic mass is 16.6. The van der Waals surface area contributed by atoms with Crippen LogP contribution in [0.1, 0.15) is 13.8 Å². The van der Waals surface area contributed by atoms with Gasteiger partial charge in [-0.2, -0.15) is 0 Å². The van der Waals surface area contributed by atoms with E-state index in [0.717, 1.165) is 12.2 Å². The van der Waals surface area contributed by atoms with E-state index < -0.39 is 0 Å². The standard InChI is InChI=1S/C8H10O/c1-7(2)4-5-8(3)6-9-8/h1,6H2,2-3H3. The van der Waals surface area contributed by atoms with Crippen molar-refractivity contribution in [1.29, 1.82) is 0 Å². The zero-order chi connectivity index (χ0) is 6.91. The molecule has 0 spiro atoms. The van der Waals surface area contributed by atoms with Crippen LogP contribution in [0, 0.1) is 11.8 Å². The Labute approximate surface area is 55.7 Å². The highest BCUT2D eigenvalue weighted by Gasteiger charge is 2.36. The van der Waals surface area contributed by atoms with Crippen molar-refractivity contribution in [1.82, 2.24) is 0 Å². The Balaban J connectivity index is 2.51. The predicted molar refractivity (Wildman–Crippen MR) is 36.9 cm³/mol. The van der Waals surface area contributed by atoms with E-state index in [9.17, 15) is 0 Å². The summed E-state index contributed by atoms with van der Waals surface area (Å²) in [6.45, 7) is 8.29. The summed E-state index contributed by atoms with van der Waals surface area (Å²) in [5.74, 6) is 5.84. The Morgan fingerprint density at radius 3 is 2.67 bits per heavy atom. The molecule has 0 radical (unpaired) electrons. The fourth-order valence-corrected chi connectivity index (χ4v) is 0.419. The number of epoxide rings is 1. The average Bonchev–Trinajstić information content (AvgIpc) is 2.45. The van der Waals surface area contributed by atoms with Crippen LogP contribution in [0.2, 0.25) is 0 Å². The summed E-state index contributed by atoms with van der Waals surface area (Å²) in [4.78, 5) is 0. The fraction of sp³-hybridized carbons (Fsp3) is 0.500. The molecule has 1 atom stereocenters. The van der Waals surface area contributed by atoms with Gasteiger partial charge < -0.3 is 4.74 Å². The molecule has 1 saturated heterocycles. The normalized spacial score (nSPS) is 30.4. The third kappa shape index (κ3) is 1.91. The van der Waals surface area contributed by atoms with Gasteiger partial charge in [0.25, 0.3) is 0 Å². The summed E-state index contributed by atoms with van der Waals surface area (Å²) >= 11 is 0. The van der Waals surface area contributed by atoms with Gasteiger partial charge >= 0.3 is 0 Å². The van der Waals surface area contributed by atoms with Crippen molar-refractivity contribution in [2.75, 3.05) is 6.61 Å². The first-order chi connectivity index (χ1) is 4.12. The van der Waals surface area contributed by atoms with Gasteiger partial charge in [0, 0.05) is 0 Å². The number of hydrogen-bond acceptors (Lipinski definition) is 1. The molecule has 0 N–H and O–H groups in total. The van der Waals surface area contributed by atoms with Crippen molar-refractivity contribution in [2.24, 2.45) is 0 Å². The van der Waals surface area contributed by atoms with Crippen molar-refractivity contribution in [3.63, 3.8) is 0 Å². The summed E-state index contributed by atoms with van der Waals surface area (Å²) < 4.78 is 5.03. The van der Waals surface area contributed by atoms with Gasteiger partial charge in [0.05, 0.1) is 6.61 Å². The van der Waals surface area contributed by atoms with E-state index in [1.54, 1.807) is 0 Å². The van der Waals surface area contributed by atoms with Crippen molar-refractivity contribution >= 4 is 0 Å². The monoisotopic (exact) mass is 122 g/mol. The zero-order valence-corrected chi connectivity index (χ0v) is 5.82. The molecule has 1 heterocycles. The largest absolute Gasteiger partial charge is 0.356 e. The SMILES string of the molecule is C=C(C)C#CC1(C)CO1. The van der Waals surface area contributed by atoms with Crippen LogP contribution >= 0.6 is 0 Å². The van der Waals surface area contributed by atoms with E-state index in [4.69, 9.17) is 4.74 Å². The molecule has 1 unspecified atom stereocenters. The highest BCUT2D eigenvalue weighted by Crippen LogP contribution is 2.24. The highest BCUT2D eigenvalue weighted by molar-refractivity contribution is 5.30. The molecule has 0 saturated carbocycles. The van der Waals surface area contributed by atoms with Gasteiger partial charge in [-0.25, -0.2) is 0 Å². The Morgan fingerprint density at radius 1 is 1.78 bits per heavy atom. The maximum absolute atomic E-state index is 5.03. The summed E-state index contributed by atoms with van der Waals surface area (Å²) in [7, 11) is 0. The van der Waals surface area contributed by atoms with Gasteiger partial charge in [-0.3, -0.25) is 0 Å². The van der Waals surface area contributed by atoms with Gasteiger partial charge in [0.2, 0.25) is 0 Å². The second kappa shape index (κ2) is 1.89. The first-order valence-corrected chi connectivity index (χ1v) is 2.95. The van der Waals surface area contributed by atoms with Crippen LogP contribution in [0.5, 0.6) is 0 Å². The maximum Gasteiger partial charge on any atom is 0.149 e. The lowest BCUT2D eigenvalue weighted by molar-refractivity contribution is 0.378. The molecule has 0 aromatic heterocycles. The first-order valence-electron chi connectivity index (χ1n) is 2.95. The van der Waals surface area contributed by atoms with Crippen molar-refractivity contribution in [3.8, 4) is 11.8 Å². The lowest BCUT2D eigenvalue weighted by Gasteiger charge is -1.86. The Kier molecular flexibility index (Phi) is 1.34. The molecule has 0 aromatic carbocycles. The summed E-state index contributed by atoms with van der Waals surface area (Å²) in [5.41, 5.74) is 0.755. The molecule has 0 amide bonds. The summed E-state index contributed by atoms with van der Waals surface area (Å²) in [5, 5.41) is 0. The minimum Gasteiger partial charge on any atom is -0.356 e. The van der Waals surface area contributed by atoms with Crippen molar-refractivity contribution in [3.05, 3.63) is 12.2 Å². The summed E-state index contributed by atoms with van der Waals surface area (Å²) in [6.07, 6.45) is 0. The maximum atomic E-state index is 5.03. The molecule has 1 fully saturated rings. The molecular weight excluding hydrogens is 112 g/mol. The van der Waals surface area contributed by atoms with E-state index in [1.165, 1.54) is 0 Å². The van der Waals surface area contributed by atoms with Crippen molar-refractivity contribution in [2.45, 2.75) is 19.4 Å². The van der Waals surface area contributed by atoms with Gasteiger partial charge in [0.1, 0.15) is 5.60 Å².